The highest BCUT2D eigenvalue weighted by Crippen LogP contribution is 2.22. The van der Waals surface area contributed by atoms with Crippen molar-refractivity contribution in [3.63, 3.8) is 0 Å². The average molecular weight is 501 g/mol. The highest BCUT2D eigenvalue weighted by Gasteiger charge is 2.21. The van der Waals surface area contributed by atoms with Crippen molar-refractivity contribution in [1.29, 1.82) is 0 Å². The third-order valence-electron chi connectivity index (χ3n) is 6.99. The molecule has 0 unspecified atom stereocenters. The Labute approximate surface area is 224 Å². The van der Waals surface area contributed by atoms with Gasteiger partial charge in [0.1, 0.15) is 0 Å². The maximum atomic E-state index is 13.4. The van der Waals surface area contributed by atoms with Gasteiger partial charge in [0.25, 0.3) is 5.91 Å². The fourth-order valence-electron chi connectivity index (χ4n) is 4.90. The number of nitrogens with zero attached hydrogens (tertiary/aromatic N) is 2. The number of hydrogen-bond donors (Lipinski definition) is 0. The molecule has 0 N–H and O–H groups in total. The maximum absolute atomic E-state index is 13.4. The van der Waals surface area contributed by atoms with Crippen LogP contribution in [0, 0.1) is 6.92 Å². The van der Waals surface area contributed by atoms with Gasteiger partial charge < -0.3 is 9.80 Å². The van der Waals surface area contributed by atoms with Crippen LogP contribution in [-0.2, 0) is 35.5 Å². The molecule has 38 heavy (non-hydrogen) atoms. The fraction of sp³-hybridized carbons (Fsp3) is 0.176. The number of aryl methyl sites for hydroxylation is 1. The number of fused-ring (bicyclic) bond motifs is 1. The minimum absolute atomic E-state index is 0.0915. The van der Waals surface area contributed by atoms with Gasteiger partial charge in [0.2, 0.25) is 5.91 Å². The Hall–Kier alpha value is -4.44. The first kappa shape index (κ1) is 25.2. The van der Waals surface area contributed by atoms with Crippen LogP contribution in [0.3, 0.4) is 0 Å². The Balaban J connectivity index is 1.31. The average Bonchev–Trinajstić information content (AvgIpc) is 2.95. The molecule has 0 radical (unpaired) electrons. The minimum Gasteiger partial charge on any atom is -0.338 e. The van der Waals surface area contributed by atoms with Crippen molar-refractivity contribution in [2.75, 3.05) is 11.4 Å². The van der Waals surface area contributed by atoms with Crippen LogP contribution >= 0.6 is 0 Å². The number of carbonyl (C=O) groups is 2. The molecule has 1 aliphatic rings. The molecule has 0 atom stereocenters. The number of hydrogen-bond acceptors (Lipinski definition) is 2. The van der Waals surface area contributed by atoms with Crippen molar-refractivity contribution in [3.05, 3.63) is 143 Å². The summed E-state index contributed by atoms with van der Waals surface area (Å²) in [5.74, 6) is 0.0388. The van der Waals surface area contributed by atoms with Gasteiger partial charge in [-0.1, -0.05) is 96.6 Å². The summed E-state index contributed by atoms with van der Waals surface area (Å²) < 4.78 is 0. The standard InChI is InChI=1S/C34H32N2O2/c1-26-8-7-11-29(22-26)24-36(33(37)19-16-27-9-3-2-4-10-27)32-17-14-28(15-18-32)23-34(38)35-21-20-30-12-5-6-13-31(30)25-35/h2-19,22H,20-21,23-25H2,1H3/b19-16+. The van der Waals surface area contributed by atoms with Crippen LogP contribution in [-0.4, -0.2) is 23.3 Å². The SMILES string of the molecule is Cc1cccc(CN(C(=O)/C=C/c2ccccc2)c2ccc(CC(=O)N3CCc4ccccc4C3)cc2)c1. The molecule has 4 aromatic rings. The first-order valence-corrected chi connectivity index (χ1v) is 13.1. The Morgan fingerprint density at radius 3 is 2.32 bits per heavy atom. The highest BCUT2D eigenvalue weighted by molar-refractivity contribution is 6.03. The summed E-state index contributed by atoms with van der Waals surface area (Å²) in [5.41, 5.74) is 7.51. The molecular formula is C34H32N2O2. The normalized spacial score (nSPS) is 12.8. The van der Waals surface area contributed by atoms with Crippen molar-refractivity contribution >= 4 is 23.6 Å². The zero-order chi connectivity index (χ0) is 26.3. The van der Waals surface area contributed by atoms with Crippen LogP contribution in [0.25, 0.3) is 6.08 Å². The van der Waals surface area contributed by atoms with Gasteiger partial charge in [-0.2, -0.15) is 0 Å². The van der Waals surface area contributed by atoms with E-state index in [4.69, 9.17) is 0 Å². The number of carbonyl (C=O) groups excluding carboxylic acids is 2. The van der Waals surface area contributed by atoms with Gasteiger partial charge in [-0.25, -0.2) is 0 Å². The van der Waals surface area contributed by atoms with E-state index in [0.717, 1.165) is 40.9 Å². The first-order valence-electron chi connectivity index (χ1n) is 13.1. The molecule has 0 saturated carbocycles. The van der Waals surface area contributed by atoms with Gasteiger partial charge in [0.15, 0.2) is 0 Å². The van der Waals surface area contributed by atoms with Crippen LogP contribution in [0.4, 0.5) is 5.69 Å². The molecule has 0 spiro atoms. The van der Waals surface area contributed by atoms with E-state index >= 15 is 0 Å². The molecule has 0 saturated heterocycles. The van der Waals surface area contributed by atoms with Gasteiger partial charge in [-0.15, -0.1) is 0 Å². The van der Waals surface area contributed by atoms with E-state index in [2.05, 4.69) is 37.3 Å². The monoisotopic (exact) mass is 500 g/mol. The van der Waals surface area contributed by atoms with Crippen molar-refractivity contribution in [2.45, 2.75) is 32.9 Å². The molecule has 0 fully saturated rings. The molecule has 0 bridgehead atoms. The molecule has 4 nitrogen and oxygen atoms in total. The summed E-state index contributed by atoms with van der Waals surface area (Å²) in [6.45, 7) is 3.93. The zero-order valence-electron chi connectivity index (χ0n) is 21.7. The lowest BCUT2D eigenvalue weighted by Gasteiger charge is -2.29. The summed E-state index contributed by atoms with van der Waals surface area (Å²) in [7, 11) is 0. The van der Waals surface area contributed by atoms with E-state index in [0.29, 0.717) is 19.5 Å². The van der Waals surface area contributed by atoms with E-state index < -0.39 is 0 Å². The lowest BCUT2D eigenvalue weighted by molar-refractivity contribution is -0.131. The Bertz CT molecular complexity index is 1440. The van der Waals surface area contributed by atoms with Crippen molar-refractivity contribution in [3.8, 4) is 0 Å². The summed E-state index contributed by atoms with van der Waals surface area (Å²) in [5, 5.41) is 0. The lowest BCUT2D eigenvalue weighted by Crippen LogP contribution is -2.36. The third-order valence-corrected chi connectivity index (χ3v) is 6.99. The Morgan fingerprint density at radius 2 is 1.55 bits per heavy atom. The molecule has 5 rings (SSSR count). The molecule has 2 amide bonds. The number of rotatable bonds is 7. The van der Waals surface area contributed by atoms with E-state index in [9.17, 15) is 9.59 Å². The maximum Gasteiger partial charge on any atom is 0.251 e. The van der Waals surface area contributed by atoms with Gasteiger partial charge >= 0.3 is 0 Å². The molecule has 4 aromatic carbocycles. The molecular weight excluding hydrogens is 468 g/mol. The smallest absolute Gasteiger partial charge is 0.251 e. The second-order valence-corrected chi connectivity index (χ2v) is 9.83. The number of anilines is 1. The first-order chi connectivity index (χ1) is 18.5. The van der Waals surface area contributed by atoms with Gasteiger partial charge in [0, 0.05) is 24.9 Å². The highest BCUT2D eigenvalue weighted by atomic mass is 16.2. The Morgan fingerprint density at radius 1 is 0.816 bits per heavy atom. The summed E-state index contributed by atoms with van der Waals surface area (Å²) in [4.78, 5) is 30.1. The van der Waals surface area contributed by atoms with Crippen molar-refractivity contribution < 1.29 is 9.59 Å². The molecule has 0 aromatic heterocycles. The number of benzene rings is 4. The molecule has 0 aliphatic carbocycles. The van der Waals surface area contributed by atoms with Crippen LogP contribution in [0.1, 0.15) is 33.4 Å². The topological polar surface area (TPSA) is 40.6 Å². The molecule has 1 heterocycles. The van der Waals surface area contributed by atoms with Gasteiger partial charge in [-0.05, 0) is 59.4 Å². The second kappa shape index (κ2) is 11.7. The Kier molecular flexibility index (Phi) is 7.79. The molecule has 190 valence electrons. The largest absolute Gasteiger partial charge is 0.338 e. The third kappa shape index (κ3) is 6.27. The van der Waals surface area contributed by atoms with E-state index in [1.54, 1.807) is 11.0 Å². The van der Waals surface area contributed by atoms with Crippen LogP contribution in [0.5, 0.6) is 0 Å². The van der Waals surface area contributed by atoms with Crippen molar-refractivity contribution in [1.82, 2.24) is 4.90 Å². The summed E-state index contributed by atoms with van der Waals surface area (Å²) >= 11 is 0. The second-order valence-electron chi connectivity index (χ2n) is 9.83. The van der Waals surface area contributed by atoms with Crippen LogP contribution < -0.4 is 4.90 Å². The predicted octanol–water partition coefficient (Wildman–Crippen LogP) is 6.37. The van der Waals surface area contributed by atoms with Crippen LogP contribution in [0.15, 0.2) is 109 Å². The fourth-order valence-corrected chi connectivity index (χ4v) is 4.90. The number of amides is 2. The van der Waals surface area contributed by atoms with Crippen molar-refractivity contribution in [2.24, 2.45) is 0 Å². The zero-order valence-corrected chi connectivity index (χ0v) is 21.7. The summed E-state index contributed by atoms with van der Waals surface area (Å²) in [6, 6.07) is 34.2. The van der Waals surface area contributed by atoms with Gasteiger partial charge in [0.05, 0.1) is 13.0 Å². The molecule has 1 aliphatic heterocycles. The quantitative estimate of drug-likeness (QED) is 0.277. The minimum atomic E-state index is -0.0915. The molecule has 4 heteroatoms. The van der Waals surface area contributed by atoms with Gasteiger partial charge in [-0.3, -0.25) is 9.59 Å². The lowest BCUT2D eigenvalue weighted by atomic mass is 9.99. The van der Waals surface area contributed by atoms with Crippen LogP contribution in [0.2, 0.25) is 0 Å². The van der Waals surface area contributed by atoms with E-state index in [1.807, 2.05) is 83.8 Å². The predicted molar refractivity (Wildman–Crippen MR) is 154 cm³/mol. The van der Waals surface area contributed by atoms with E-state index in [1.165, 1.54) is 11.1 Å². The summed E-state index contributed by atoms with van der Waals surface area (Å²) in [6.07, 6.45) is 4.71. The van der Waals surface area contributed by atoms with E-state index in [-0.39, 0.29) is 11.8 Å².